The van der Waals surface area contributed by atoms with E-state index in [1.165, 1.54) is 0 Å². The summed E-state index contributed by atoms with van der Waals surface area (Å²) in [6.45, 7) is 9.32. The number of nitrogens with zero attached hydrogens (tertiary/aromatic N) is 3. The van der Waals surface area contributed by atoms with Crippen LogP contribution in [-0.4, -0.2) is 35.8 Å². The first-order valence-electron chi connectivity index (χ1n) is 7.32. The van der Waals surface area contributed by atoms with Crippen molar-refractivity contribution >= 4 is 51.8 Å². The number of anilines is 2. The predicted molar refractivity (Wildman–Crippen MR) is 96.0 cm³/mol. The Hall–Kier alpha value is -0.760. The van der Waals surface area contributed by atoms with Gasteiger partial charge in [-0.05, 0) is 56.7 Å². The SMILES string of the molecule is Cc1c(Cl)nc2c(c1I)N1CC[C@@H](C1)N2C(=O)OC(C)(C)C. The number of halogens is 2. The average molecular weight is 436 g/mol. The highest BCUT2D eigenvalue weighted by molar-refractivity contribution is 14.1. The third-order valence-electron chi connectivity index (χ3n) is 3.93. The van der Waals surface area contributed by atoms with Crippen molar-refractivity contribution in [3.63, 3.8) is 0 Å². The van der Waals surface area contributed by atoms with Gasteiger partial charge in [0.1, 0.15) is 10.8 Å². The number of aromatic nitrogens is 1. The van der Waals surface area contributed by atoms with Crippen molar-refractivity contribution in [2.75, 3.05) is 22.9 Å². The van der Waals surface area contributed by atoms with Crippen LogP contribution in [0.5, 0.6) is 0 Å². The highest BCUT2D eigenvalue weighted by Crippen LogP contribution is 2.44. The predicted octanol–water partition coefficient (Wildman–Crippen LogP) is 3.98. The number of amides is 1. The molecular weight excluding hydrogens is 417 g/mol. The van der Waals surface area contributed by atoms with Gasteiger partial charge >= 0.3 is 6.09 Å². The summed E-state index contributed by atoms with van der Waals surface area (Å²) >= 11 is 8.54. The lowest BCUT2D eigenvalue weighted by Gasteiger charge is -2.37. The molecule has 5 nitrogen and oxygen atoms in total. The van der Waals surface area contributed by atoms with Gasteiger partial charge in [0.2, 0.25) is 0 Å². The minimum absolute atomic E-state index is 0.101. The second-order valence-corrected chi connectivity index (χ2v) is 8.19. The van der Waals surface area contributed by atoms with Crippen LogP contribution in [-0.2, 0) is 4.74 Å². The molecule has 22 heavy (non-hydrogen) atoms. The summed E-state index contributed by atoms with van der Waals surface area (Å²) in [4.78, 5) is 21.1. The van der Waals surface area contributed by atoms with Gasteiger partial charge in [-0.15, -0.1) is 0 Å². The first kappa shape index (κ1) is 16.1. The average Bonchev–Trinajstić information content (AvgIpc) is 2.78. The second-order valence-electron chi connectivity index (χ2n) is 6.75. The molecule has 2 bridgehead atoms. The molecule has 1 saturated heterocycles. The fourth-order valence-corrected chi connectivity index (χ4v) is 4.09. The Kier molecular flexibility index (Phi) is 3.96. The number of hydrogen-bond acceptors (Lipinski definition) is 4. The van der Waals surface area contributed by atoms with E-state index in [2.05, 4.69) is 32.5 Å². The van der Waals surface area contributed by atoms with Crippen molar-refractivity contribution in [2.45, 2.75) is 45.8 Å². The van der Waals surface area contributed by atoms with Gasteiger partial charge in [0.25, 0.3) is 0 Å². The van der Waals surface area contributed by atoms with Gasteiger partial charge in [-0.25, -0.2) is 9.78 Å². The molecular formula is C15H19ClIN3O2. The van der Waals surface area contributed by atoms with Gasteiger partial charge in [-0.1, -0.05) is 11.6 Å². The summed E-state index contributed by atoms with van der Waals surface area (Å²) < 4.78 is 6.63. The molecule has 1 atom stereocenters. The van der Waals surface area contributed by atoms with Crippen LogP contribution in [0.4, 0.5) is 16.3 Å². The number of hydrogen-bond donors (Lipinski definition) is 0. The quantitative estimate of drug-likeness (QED) is 0.457. The van der Waals surface area contributed by atoms with E-state index in [-0.39, 0.29) is 12.1 Å². The summed E-state index contributed by atoms with van der Waals surface area (Å²) in [5.41, 5.74) is 1.42. The molecule has 3 heterocycles. The van der Waals surface area contributed by atoms with Crippen molar-refractivity contribution in [3.05, 3.63) is 14.3 Å². The zero-order valence-electron chi connectivity index (χ0n) is 13.1. The van der Waals surface area contributed by atoms with E-state index in [0.717, 1.165) is 34.3 Å². The molecule has 7 heteroatoms. The number of carbonyl (C=O) groups is 1. The van der Waals surface area contributed by atoms with Crippen molar-refractivity contribution in [2.24, 2.45) is 0 Å². The monoisotopic (exact) mass is 435 g/mol. The Bertz CT molecular complexity index is 645. The molecule has 0 unspecified atom stereocenters. The maximum absolute atomic E-state index is 12.7. The molecule has 2 aliphatic heterocycles. The molecule has 3 rings (SSSR count). The van der Waals surface area contributed by atoms with E-state index in [9.17, 15) is 4.79 Å². The van der Waals surface area contributed by atoms with E-state index in [1.807, 2.05) is 27.7 Å². The highest BCUT2D eigenvalue weighted by Gasteiger charge is 2.43. The lowest BCUT2D eigenvalue weighted by Crippen LogP contribution is -2.48. The molecule has 0 radical (unpaired) electrons. The van der Waals surface area contributed by atoms with Crippen LogP contribution in [0, 0.1) is 10.5 Å². The van der Waals surface area contributed by atoms with Gasteiger partial charge < -0.3 is 9.64 Å². The zero-order chi connectivity index (χ0) is 16.2. The minimum atomic E-state index is -0.533. The van der Waals surface area contributed by atoms with Crippen molar-refractivity contribution in [3.8, 4) is 0 Å². The van der Waals surface area contributed by atoms with E-state index in [4.69, 9.17) is 16.3 Å². The van der Waals surface area contributed by atoms with E-state index in [1.54, 1.807) is 4.90 Å². The van der Waals surface area contributed by atoms with Gasteiger partial charge in [0, 0.05) is 22.2 Å². The maximum atomic E-state index is 12.7. The van der Waals surface area contributed by atoms with Crippen molar-refractivity contribution in [1.82, 2.24) is 4.98 Å². The lowest BCUT2D eigenvalue weighted by atomic mass is 10.1. The highest BCUT2D eigenvalue weighted by atomic mass is 127. The molecule has 1 fully saturated rings. The maximum Gasteiger partial charge on any atom is 0.416 e. The summed E-state index contributed by atoms with van der Waals surface area (Å²) in [5.74, 6) is 0.628. The number of fused-ring (bicyclic) bond motifs is 4. The zero-order valence-corrected chi connectivity index (χ0v) is 16.0. The molecule has 0 aromatic carbocycles. The number of carbonyl (C=O) groups excluding carboxylic acids is 1. The Balaban J connectivity index is 2.09. The Morgan fingerprint density at radius 1 is 1.45 bits per heavy atom. The van der Waals surface area contributed by atoms with Crippen molar-refractivity contribution < 1.29 is 9.53 Å². The van der Waals surface area contributed by atoms with E-state index < -0.39 is 5.60 Å². The standard InChI is InChI=1S/C15H19ClIN3O2/c1-8-10(17)11-13(18-12(8)16)20(9-5-6-19(11)7-9)14(21)22-15(2,3)4/h9H,5-7H2,1-4H3/t9-/m0/s1. The summed E-state index contributed by atoms with van der Waals surface area (Å²) in [7, 11) is 0. The molecule has 1 aromatic rings. The van der Waals surface area contributed by atoms with Crippen molar-refractivity contribution in [1.29, 1.82) is 0 Å². The van der Waals surface area contributed by atoms with Gasteiger partial charge in [-0.3, -0.25) is 4.90 Å². The molecule has 1 amide bonds. The Morgan fingerprint density at radius 3 is 2.77 bits per heavy atom. The van der Waals surface area contributed by atoms with E-state index in [0.29, 0.717) is 11.0 Å². The number of rotatable bonds is 0. The Morgan fingerprint density at radius 2 is 2.14 bits per heavy atom. The fourth-order valence-electron chi connectivity index (χ4n) is 2.92. The molecule has 0 aliphatic carbocycles. The molecule has 120 valence electrons. The van der Waals surface area contributed by atoms with Crippen LogP contribution in [0.3, 0.4) is 0 Å². The minimum Gasteiger partial charge on any atom is -0.443 e. The molecule has 0 saturated carbocycles. The normalized spacial score (nSPS) is 20.2. The number of pyridine rings is 1. The fraction of sp³-hybridized carbons (Fsp3) is 0.600. The van der Waals surface area contributed by atoms with Gasteiger partial charge in [0.15, 0.2) is 5.82 Å². The van der Waals surface area contributed by atoms with Crippen LogP contribution < -0.4 is 9.80 Å². The van der Waals surface area contributed by atoms with Crippen LogP contribution in [0.15, 0.2) is 0 Å². The van der Waals surface area contributed by atoms with Crippen LogP contribution in [0.1, 0.15) is 32.8 Å². The van der Waals surface area contributed by atoms with E-state index >= 15 is 0 Å². The van der Waals surface area contributed by atoms with Crippen LogP contribution in [0.2, 0.25) is 5.15 Å². The first-order valence-corrected chi connectivity index (χ1v) is 8.77. The third-order valence-corrected chi connectivity index (χ3v) is 5.61. The van der Waals surface area contributed by atoms with Crippen LogP contribution >= 0.6 is 34.2 Å². The van der Waals surface area contributed by atoms with Gasteiger partial charge in [-0.2, -0.15) is 0 Å². The molecule has 1 aromatic heterocycles. The third kappa shape index (κ3) is 2.64. The lowest BCUT2D eigenvalue weighted by molar-refractivity contribution is 0.0566. The molecule has 2 aliphatic rings. The summed E-state index contributed by atoms with van der Waals surface area (Å²) in [5, 5.41) is 0.444. The summed E-state index contributed by atoms with van der Waals surface area (Å²) in [6.07, 6.45) is 0.575. The number of ether oxygens (including phenoxy) is 1. The van der Waals surface area contributed by atoms with Gasteiger partial charge in [0.05, 0.1) is 11.7 Å². The van der Waals surface area contributed by atoms with Crippen LogP contribution in [0.25, 0.3) is 0 Å². The molecule has 0 spiro atoms. The second kappa shape index (κ2) is 5.40. The smallest absolute Gasteiger partial charge is 0.416 e. The first-order chi connectivity index (χ1) is 10.2. The Labute approximate surface area is 149 Å². The largest absolute Gasteiger partial charge is 0.443 e. The topological polar surface area (TPSA) is 45.7 Å². The molecule has 0 N–H and O–H groups in total. The summed E-state index contributed by atoms with van der Waals surface area (Å²) in [6, 6.07) is 0.101.